The van der Waals surface area contributed by atoms with Crippen LogP contribution < -0.4 is 14.8 Å². The molecule has 0 radical (unpaired) electrons. The lowest BCUT2D eigenvalue weighted by molar-refractivity contribution is -0.112. The topological polar surface area (TPSA) is 71.3 Å². The van der Waals surface area contributed by atoms with Crippen molar-refractivity contribution < 1.29 is 14.3 Å². The first-order chi connectivity index (χ1) is 15.4. The van der Waals surface area contributed by atoms with Crippen molar-refractivity contribution >= 4 is 17.7 Å². The van der Waals surface area contributed by atoms with E-state index in [1.165, 1.54) is 6.08 Å². The van der Waals surface area contributed by atoms with Crippen LogP contribution in [0.15, 0.2) is 66.2 Å². The predicted octanol–water partition coefficient (Wildman–Crippen LogP) is 5.75. The second kappa shape index (κ2) is 10.3. The van der Waals surface area contributed by atoms with Crippen LogP contribution in [0.3, 0.4) is 0 Å². The summed E-state index contributed by atoms with van der Waals surface area (Å²) in [4.78, 5) is 12.7. The summed E-state index contributed by atoms with van der Waals surface area (Å²) in [5.41, 5.74) is 5.54. The second-order valence-electron chi connectivity index (χ2n) is 7.63. The number of benzene rings is 3. The fourth-order valence-corrected chi connectivity index (χ4v) is 3.41. The van der Waals surface area contributed by atoms with Crippen molar-refractivity contribution in [1.82, 2.24) is 0 Å². The van der Waals surface area contributed by atoms with Gasteiger partial charge in [0.15, 0.2) is 0 Å². The van der Waals surface area contributed by atoms with E-state index < -0.39 is 5.91 Å². The summed E-state index contributed by atoms with van der Waals surface area (Å²) in [5, 5.41) is 12.4. The van der Waals surface area contributed by atoms with Gasteiger partial charge >= 0.3 is 0 Å². The van der Waals surface area contributed by atoms with Gasteiger partial charge in [0.25, 0.3) is 5.91 Å². The van der Waals surface area contributed by atoms with Gasteiger partial charge in [0.2, 0.25) is 0 Å². The van der Waals surface area contributed by atoms with Crippen LogP contribution >= 0.6 is 0 Å². The number of para-hydroxylation sites is 1. The van der Waals surface area contributed by atoms with Crippen LogP contribution in [0.4, 0.5) is 5.69 Å². The third-order valence-electron chi connectivity index (χ3n) is 4.95. The van der Waals surface area contributed by atoms with E-state index in [0.717, 1.165) is 22.3 Å². The summed E-state index contributed by atoms with van der Waals surface area (Å²) < 4.78 is 11.4. The van der Waals surface area contributed by atoms with E-state index in [1.54, 1.807) is 31.4 Å². The third kappa shape index (κ3) is 5.77. The molecule has 0 spiro atoms. The summed E-state index contributed by atoms with van der Waals surface area (Å²) in [5.74, 6) is 0.679. The molecule has 0 heterocycles. The molecule has 0 fully saturated rings. The van der Waals surface area contributed by atoms with Crippen LogP contribution in [0.2, 0.25) is 0 Å². The van der Waals surface area contributed by atoms with E-state index >= 15 is 0 Å². The molecule has 1 N–H and O–H groups in total. The minimum Gasteiger partial charge on any atom is -0.497 e. The molecule has 0 aliphatic carbocycles. The molecule has 5 nitrogen and oxygen atoms in total. The molecule has 5 heteroatoms. The number of nitrogens with one attached hydrogen (secondary N) is 1. The molecule has 3 rings (SSSR count). The van der Waals surface area contributed by atoms with Gasteiger partial charge in [-0.2, -0.15) is 5.26 Å². The smallest absolute Gasteiger partial charge is 0.266 e. The van der Waals surface area contributed by atoms with Gasteiger partial charge in [-0.1, -0.05) is 47.5 Å². The van der Waals surface area contributed by atoms with Gasteiger partial charge < -0.3 is 14.8 Å². The highest BCUT2D eigenvalue weighted by molar-refractivity contribution is 6.10. The maximum absolute atomic E-state index is 12.7. The fourth-order valence-electron chi connectivity index (χ4n) is 3.41. The lowest BCUT2D eigenvalue weighted by Crippen LogP contribution is -2.14. The summed E-state index contributed by atoms with van der Waals surface area (Å²) in [6, 6.07) is 21.0. The van der Waals surface area contributed by atoms with Gasteiger partial charge in [-0.05, 0) is 56.2 Å². The molecule has 32 heavy (non-hydrogen) atoms. The van der Waals surface area contributed by atoms with Crippen molar-refractivity contribution in [3.63, 3.8) is 0 Å². The summed E-state index contributed by atoms with van der Waals surface area (Å²) in [6.45, 7) is 6.34. The van der Waals surface area contributed by atoms with Crippen LogP contribution in [0.1, 0.15) is 27.8 Å². The molecule has 0 saturated heterocycles. The second-order valence-corrected chi connectivity index (χ2v) is 7.63. The molecule has 1 amide bonds. The Morgan fingerprint density at radius 1 is 1.03 bits per heavy atom. The number of ether oxygens (including phenoxy) is 2. The van der Waals surface area contributed by atoms with Gasteiger partial charge in [-0.15, -0.1) is 0 Å². The lowest BCUT2D eigenvalue weighted by Gasteiger charge is -2.13. The van der Waals surface area contributed by atoms with Gasteiger partial charge in [-0.25, -0.2) is 0 Å². The van der Waals surface area contributed by atoms with Gasteiger partial charge in [0, 0.05) is 17.3 Å². The zero-order valence-corrected chi connectivity index (χ0v) is 18.7. The molecule has 3 aromatic rings. The molecule has 0 bridgehead atoms. The van der Waals surface area contributed by atoms with E-state index in [2.05, 4.69) is 23.5 Å². The fraction of sp³-hybridized carbons (Fsp3) is 0.185. The zero-order chi connectivity index (χ0) is 23.1. The van der Waals surface area contributed by atoms with E-state index in [9.17, 15) is 10.1 Å². The zero-order valence-electron chi connectivity index (χ0n) is 18.7. The molecule has 3 aromatic carbocycles. The van der Waals surface area contributed by atoms with E-state index in [0.29, 0.717) is 29.4 Å². The first-order valence-corrected chi connectivity index (χ1v) is 10.3. The molecule has 0 aliphatic heterocycles. The molecule has 162 valence electrons. The number of carbonyl (C=O) groups excluding carboxylic acids is 1. The highest BCUT2D eigenvalue weighted by Gasteiger charge is 2.13. The highest BCUT2D eigenvalue weighted by Crippen LogP contribution is 2.28. The Balaban J connectivity index is 1.88. The number of nitrogens with zero attached hydrogens (tertiary/aromatic N) is 1. The monoisotopic (exact) mass is 426 g/mol. The lowest BCUT2D eigenvalue weighted by atomic mass is 10.1. The van der Waals surface area contributed by atoms with Crippen molar-refractivity contribution in [2.45, 2.75) is 27.4 Å². The Kier molecular flexibility index (Phi) is 7.30. The Labute approximate surface area is 188 Å². The number of anilines is 1. The third-order valence-corrected chi connectivity index (χ3v) is 4.95. The average molecular weight is 427 g/mol. The van der Waals surface area contributed by atoms with E-state index in [4.69, 9.17) is 9.47 Å². The van der Waals surface area contributed by atoms with E-state index in [-0.39, 0.29) is 5.57 Å². The Hall–Kier alpha value is -4.04. The molecule has 0 aliphatic rings. The number of amides is 1. The van der Waals surface area contributed by atoms with Crippen LogP contribution in [-0.2, 0) is 11.4 Å². The number of hydrogen-bond donors (Lipinski definition) is 1. The van der Waals surface area contributed by atoms with Crippen molar-refractivity contribution in [2.24, 2.45) is 0 Å². The van der Waals surface area contributed by atoms with Gasteiger partial charge in [0.1, 0.15) is 29.7 Å². The summed E-state index contributed by atoms with van der Waals surface area (Å²) in [6.07, 6.45) is 1.53. The van der Waals surface area contributed by atoms with E-state index in [1.807, 2.05) is 45.0 Å². The van der Waals surface area contributed by atoms with Gasteiger partial charge in [0.05, 0.1) is 7.11 Å². The maximum Gasteiger partial charge on any atom is 0.266 e. The van der Waals surface area contributed by atoms with Crippen molar-refractivity contribution in [1.29, 1.82) is 5.26 Å². The maximum atomic E-state index is 12.7. The van der Waals surface area contributed by atoms with Crippen molar-refractivity contribution in [3.8, 4) is 17.6 Å². The number of carbonyl (C=O) groups is 1. The molecule has 0 saturated carbocycles. The van der Waals surface area contributed by atoms with Gasteiger partial charge in [-0.3, -0.25) is 4.79 Å². The normalized spacial score (nSPS) is 10.9. The average Bonchev–Trinajstić information content (AvgIpc) is 2.77. The number of nitriles is 1. The molecule has 0 unspecified atom stereocenters. The van der Waals surface area contributed by atoms with Crippen LogP contribution in [-0.4, -0.2) is 13.0 Å². The van der Waals surface area contributed by atoms with Crippen LogP contribution in [0.25, 0.3) is 6.08 Å². The summed E-state index contributed by atoms with van der Waals surface area (Å²) >= 11 is 0. The number of rotatable bonds is 7. The first-order valence-electron chi connectivity index (χ1n) is 10.3. The minimum absolute atomic E-state index is 0.0188. The predicted molar refractivity (Wildman–Crippen MR) is 127 cm³/mol. The standard InChI is InChI=1S/C27H26N2O3/c1-18-11-19(2)13-21(12-18)17-32-26-15-24(31-4)10-9-22(26)14-23(16-28)27(30)29-25-8-6-5-7-20(25)3/h5-15H,17H2,1-4H3,(H,29,30)/b23-14+. The van der Waals surface area contributed by atoms with Crippen LogP contribution in [0, 0.1) is 32.1 Å². The summed E-state index contributed by atoms with van der Waals surface area (Å²) in [7, 11) is 1.58. The first kappa shape index (κ1) is 22.6. The minimum atomic E-state index is -0.474. The molecular weight excluding hydrogens is 400 g/mol. The molecular formula is C27H26N2O3. The molecule has 0 atom stereocenters. The molecule has 0 aromatic heterocycles. The Morgan fingerprint density at radius 3 is 2.41 bits per heavy atom. The van der Waals surface area contributed by atoms with Crippen molar-refractivity contribution in [3.05, 3.63) is 94.1 Å². The number of hydrogen-bond acceptors (Lipinski definition) is 4. The Morgan fingerprint density at radius 2 is 1.75 bits per heavy atom. The van der Waals surface area contributed by atoms with Crippen molar-refractivity contribution in [2.75, 3.05) is 12.4 Å². The number of aryl methyl sites for hydroxylation is 3. The Bertz CT molecular complexity index is 1190. The van der Waals surface area contributed by atoms with Crippen LogP contribution in [0.5, 0.6) is 11.5 Å². The largest absolute Gasteiger partial charge is 0.497 e. The highest BCUT2D eigenvalue weighted by atomic mass is 16.5. The SMILES string of the molecule is COc1ccc(/C=C(\C#N)C(=O)Nc2ccccc2C)c(OCc2cc(C)cc(C)c2)c1. The number of methoxy groups -OCH3 is 1. The quantitative estimate of drug-likeness (QED) is 0.386.